The maximum atomic E-state index is 13.6. The summed E-state index contributed by atoms with van der Waals surface area (Å²) in [6.45, 7) is 6.76. The van der Waals surface area contributed by atoms with Crippen molar-refractivity contribution < 1.29 is 17.2 Å². The topological polar surface area (TPSA) is 52.7 Å². The number of nitrogens with zero attached hydrogens (tertiary/aromatic N) is 2. The Morgan fingerprint density at radius 1 is 1.12 bits per heavy atom. The number of anilines is 1. The van der Waals surface area contributed by atoms with Crippen LogP contribution in [0.4, 0.5) is 14.5 Å². The summed E-state index contributed by atoms with van der Waals surface area (Å²) < 4.78 is 54.7. The van der Waals surface area contributed by atoms with E-state index in [-0.39, 0.29) is 36.0 Å². The Labute approximate surface area is 202 Å². The fraction of sp³-hybridized carbons (Fsp3) is 0.750. The highest BCUT2D eigenvalue weighted by molar-refractivity contribution is 7.93. The molecule has 2 aliphatic heterocycles. The summed E-state index contributed by atoms with van der Waals surface area (Å²) in [6.07, 6.45) is 4.13. The van der Waals surface area contributed by atoms with Crippen LogP contribution < -0.4 is 4.72 Å². The van der Waals surface area contributed by atoms with E-state index >= 15 is 0 Å². The number of hydrogen-bond donors (Lipinski definition) is 1. The molecule has 4 fully saturated rings. The van der Waals surface area contributed by atoms with Crippen LogP contribution in [0.5, 0.6) is 0 Å². The van der Waals surface area contributed by atoms with Crippen LogP contribution in [0.1, 0.15) is 51.0 Å². The van der Waals surface area contributed by atoms with Gasteiger partial charge in [0.25, 0.3) is 5.92 Å². The van der Waals surface area contributed by atoms with Crippen molar-refractivity contribution in [3.63, 3.8) is 0 Å². The molecule has 9 heteroatoms. The molecule has 5 rings (SSSR count). The number of likely N-dealkylation sites (tertiary alicyclic amines) is 2. The lowest BCUT2D eigenvalue weighted by Gasteiger charge is -2.33. The first-order valence-corrected chi connectivity index (χ1v) is 13.7. The number of piperidine rings is 2. The van der Waals surface area contributed by atoms with Gasteiger partial charge in [-0.2, -0.15) is 0 Å². The molecule has 0 bridgehead atoms. The lowest BCUT2D eigenvalue weighted by Crippen LogP contribution is -2.43. The fourth-order valence-corrected chi connectivity index (χ4v) is 7.79. The number of benzene rings is 1. The smallest absolute Gasteiger partial charge is 0.260 e. The van der Waals surface area contributed by atoms with Gasteiger partial charge in [0.15, 0.2) is 0 Å². The number of hydrogen-bond acceptors (Lipinski definition) is 4. The molecular weight excluding hydrogens is 468 g/mol. The van der Waals surface area contributed by atoms with E-state index in [1.54, 1.807) is 0 Å². The number of rotatable bonds is 9. The van der Waals surface area contributed by atoms with Crippen LogP contribution in [0, 0.1) is 11.8 Å². The summed E-state index contributed by atoms with van der Waals surface area (Å²) in [5.41, 5.74) is 2.08. The van der Waals surface area contributed by atoms with Gasteiger partial charge in [0.05, 0.1) is 11.8 Å². The summed E-state index contributed by atoms with van der Waals surface area (Å²) >= 11 is 0. The predicted octanol–water partition coefficient (Wildman–Crippen LogP) is 4.34. The van der Waals surface area contributed by atoms with E-state index in [0.717, 1.165) is 58.4 Å². The van der Waals surface area contributed by atoms with Gasteiger partial charge >= 0.3 is 0 Å². The van der Waals surface area contributed by atoms with Crippen molar-refractivity contribution in [1.29, 1.82) is 0 Å². The molecule has 5 nitrogen and oxygen atoms in total. The molecule has 33 heavy (non-hydrogen) atoms. The highest BCUT2D eigenvalue weighted by Crippen LogP contribution is 2.65. The maximum Gasteiger partial charge on any atom is 0.260 e. The Hall–Kier alpha value is -0.960. The quantitative estimate of drug-likeness (QED) is 0.544. The Bertz CT molecular complexity index is 945. The Morgan fingerprint density at radius 2 is 1.82 bits per heavy atom. The van der Waals surface area contributed by atoms with Gasteiger partial charge in [-0.15, -0.1) is 12.4 Å². The lowest BCUT2D eigenvalue weighted by molar-refractivity contribution is -0.0643. The molecule has 0 unspecified atom stereocenters. The monoisotopic (exact) mass is 503 g/mol. The van der Waals surface area contributed by atoms with E-state index in [2.05, 4.69) is 22.6 Å². The van der Waals surface area contributed by atoms with E-state index in [4.69, 9.17) is 0 Å². The van der Waals surface area contributed by atoms with Gasteiger partial charge in [-0.25, -0.2) is 17.2 Å². The van der Waals surface area contributed by atoms with Crippen LogP contribution in [0.3, 0.4) is 0 Å². The average molecular weight is 504 g/mol. The molecule has 2 aliphatic carbocycles. The zero-order chi connectivity index (χ0) is 22.6. The second-order valence-corrected chi connectivity index (χ2v) is 12.3. The number of nitrogens with one attached hydrogen (secondary N) is 1. The minimum atomic E-state index is -3.25. The zero-order valence-electron chi connectivity index (χ0n) is 19.3. The third-order valence-electron chi connectivity index (χ3n) is 8.24. The number of fused-ring (bicyclic) bond motifs is 1. The van der Waals surface area contributed by atoms with Crippen molar-refractivity contribution in [1.82, 2.24) is 9.80 Å². The minimum Gasteiger partial charge on any atom is -0.303 e. The van der Waals surface area contributed by atoms with Crippen molar-refractivity contribution in [2.75, 3.05) is 44.0 Å². The lowest BCUT2D eigenvalue weighted by atomic mass is 9.87. The first-order chi connectivity index (χ1) is 15.2. The Morgan fingerprint density at radius 3 is 2.45 bits per heavy atom. The number of halogens is 3. The number of sulfonamides is 1. The van der Waals surface area contributed by atoms with E-state index in [1.165, 1.54) is 5.56 Å². The summed E-state index contributed by atoms with van der Waals surface area (Å²) in [4.78, 5) is 4.41. The second kappa shape index (κ2) is 9.25. The van der Waals surface area contributed by atoms with Crippen molar-refractivity contribution in [2.24, 2.45) is 11.8 Å². The van der Waals surface area contributed by atoms with E-state index in [0.29, 0.717) is 23.9 Å². The summed E-state index contributed by atoms with van der Waals surface area (Å²) in [5, 5.41) is -0.226. The van der Waals surface area contributed by atoms with Crippen molar-refractivity contribution in [2.45, 2.75) is 62.0 Å². The molecule has 3 atom stereocenters. The van der Waals surface area contributed by atoms with Crippen LogP contribution in [0.25, 0.3) is 0 Å². The van der Waals surface area contributed by atoms with Gasteiger partial charge in [0.2, 0.25) is 10.0 Å². The summed E-state index contributed by atoms with van der Waals surface area (Å²) in [7, 11) is -3.25. The molecule has 0 aromatic heterocycles. The SMILES string of the molecule is CC[C@]1(c2cccc(NS(=O)(=O)C3CC3)c2)[C@@H]2CN(CCCN3CCCC(F)(F)C3)C[C@@H]21.Cl. The van der Waals surface area contributed by atoms with Gasteiger partial charge in [0.1, 0.15) is 0 Å². The second-order valence-electron chi connectivity index (χ2n) is 10.4. The normalized spacial score (nSPS) is 31.6. The molecule has 4 aliphatic rings. The zero-order valence-corrected chi connectivity index (χ0v) is 20.9. The van der Waals surface area contributed by atoms with Crippen molar-refractivity contribution >= 4 is 28.1 Å². The summed E-state index contributed by atoms with van der Waals surface area (Å²) in [6, 6.07) is 8.01. The molecule has 0 radical (unpaired) electrons. The van der Waals surface area contributed by atoms with Gasteiger partial charge in [0, 0.05) is 30.6 Å². The van der Waals surface area contributed by atoms with Crippen LogP contribution in [-0.4, -0.2) is 68.7 Å². The molecule has 2 saturated carbocycles. The highest BCUT2D eigenvalue weighted by Gasteiger charge is 2.67. The molecular formula is C24H36ClF2N3O2S. The first-order valence-electron chi connectivity index (χ1n) is 12.2. The largest absolute Gasteiger partial charge is 0.303 e. The fourth-order valence-electron chi connectivity index (χ4n) is 6.41. The first kappa shape index (κ1) is 25.1. The number of alkyl halides is 2. The Balaban J connectivity index is 0.00000259. The molecule has 1 aromatic carbocycles. The predicted molar refractivity (Wildman–Crippen MR) is 130 cm³/mol. The third-order valence-corrected chi connectivity index (χ3v) is 10.1. The van der Waals surface area contributed by atoms with E-state index in [1.807, 2.05) is 23.1 Å². The van der Waals surface area contributed by atoms with Gasteiger partial charge in [-0.3, -0.25) is 9.62 Å². The highest BCUT2D eigenvalue weighted by atomic mass is 35.5. The molecule has 2 saturated heterocycles. The molecule has 186 valence electrons. The molecule has 2 heterocycles. The van der Waals surface area contributed by atoms with E-state index < -0.39 is 15.9 Å². The minimum absolute atomic E-state index is 0. The van der Waals surface area contributed by atoms with Gasteiger partial charge < -0.3 is 4.90 Å². The van der Waals surface area contributed by atoms with E-state index in [9.17, 15) is 17.2 Å². The van der Waals surface area contributed by atoms with Crippen LogP contribution in [0.2, 0.25) is 0 Å². The maximum absolute atomic E-state index is 13.6. The Kier molecular flexibility index (Phi) is 7.04. The van der Waals surface area contributed by atoms with Gasteiger partial charge in [-0.1, -0.05) is 19.1 Å². The van der Waals surface area contributed by atoms with Crippen LogP contribution >= 0.6 is 12.4 Å². The molecule has 0 amide bonds. The standard InChI is InChI=1S/C24H35F2N3O2S.ClH/c1-2-24(18-6-3-7-19(14-18)27-32(30,31)20-8-9-20)21-15-29(16-22(21)24)13-5-12-28-11-4-10-23(25,26)17-28;/h3,6-7,14,20-22,27H,2,4-5,8-13,15-17H2,1H3;1H/t21-,22+,24+;. The van der Waals surface area contributed by atoms with Crippen LogP contribution in [0.15, 0.2) is 24.3 Å². The molecule has 1 aromatic rings. The summed E-state index contributed by atoms with van der Waals surface area (Å²) in [5.74, 6) is -1.32. The third kappa shape index (κ3) is 5.04. The molecule has 1 N–H and O–H groups in total. The van der Waals surface area contributed by atoms with Gasteiger partial charge in [-0.05, 0) is 81.3 Å². The van der Waals surface area contributed by atoms with Crippen molar-refractivity contribution in [3.8, 4) is 0 Å². The average Bonchev–Trinajstić information content (AvgIpc) is 3.64. The molecule has 0 spiro atoms. The van der Waals surface area contributed by atoms with Crippen molar-refractivity contribution in [3.05, 3.63) is 29.8 Å². The van der Waals surface area contributed by atoms with Crippen LogP contribution in [-0.2, 0) is 15.4 Å².